The zero-order valence-corrected chi connectivity index (χ0v) is 14.7. The predicted molar refractivity (Wildman–Crippen MR) is 97.6 cm³/mol. The second-order valence-electron chi connectivity index (χ2n) is 6.57. The molecule has 26 heavy (non-hydrogen) atoms. The number of aromatic nitrogens is 3. The topological polar surface area (TPSA) is 84.2 Å². The van der Waals surface area contributed by atoms with Gasteiger partial charge in [-0.1, -0.05) is 6.07 Å². The number of carbonyl (C=O) groups is 1. The first-order valence-corrected chi connectivity index (χ1v) is 8.86. The number of pyridine rings is 2. The number of nitrogens with zero attached hydrogens (tertiary/aromatic N) is 4. The van der Waals surface area contributed by atoms with Gasteiger partial charge in [-0.15, -0.1) is 0 Å². The Morgan fingerprint density at radius 1 is 1.23 bits per heavy atom. The summed E-state index contributed by atoms with van der Waals surface area (Å²) in [5.74, 6) is 0.102. The van der Waals surface area contributed by atoms with Crippen LogP contribution in [0.15, 0.2) is 40.9 Å². The van der Waals surface area contributed by atoms with Gasteiger partial charge in [0.15, 0.2) is 5.58 Å². The number of hydrogen-bond donors (Lipinski definition) is 1. The van der Waals surface area contributed by atoms with E-state index in [0.717, 1.165) is 37.3 Å². The SMILES string of the molecule is Cc1ccc2oc(N3CCC(C(=O)NCc4ccccn4)CC3)nc2n1. The highest BCUT2D eigenvalue weighted by Crippen LogP contribution is 2.26. The number of hydrogen-bond acceptors (Lipinski definition) is 6. The third kappa shape index (κ3) is 3.51. The molecule has 1 amide bonds. The highest BCUT2D eigenvalue weighted by Gasteiger charge is 2.27. The number of amides is 1. The van der Waals surface area contributed by atoms with E-state index in [0.29, 0.717) is 23.8 Å². The quantitative estimate of drug-likeness (QED) is 0.777. The number of anilines is 1. The van der Waals surface area contributed by atoms with Crippen LogP contribution < -0.4 is 10.2 Å². The second kappa shape index (κ2) is 7.11. The van der Waals surface area contributed by atoms with Crippen molar-refractivity contribution < 1.29 is 9.21 Å². The molecule has 0 unspecified atom stereocenters. The Bertz CT molecular complexity index is 901. The molecule has 1 fully saturated rings. The van der Waals surface area contributed by atoms with Crippen LogP contribution >= 0.6 is 0 Å². The van der Waals surface area contributed by atoms with Crippen molar-refractivity contribution in [2.75, 3.05) is 18.0 Å². The van der Waals surface area contributed by atoms with Crippen LogP contribution in [-0.4, -0.2) is 33.9 Å². The molecule has 0 aliphatic carbocycles. The molecule has 134 valence electrons. The van der Waals surface area contributed by atoms with E-state index >= 15 is 0 Å². The molecular weight excluding hydrogens is 330 g/mol. The Morgan fingerprint density at radius 2 is 2.08 bits per heavy atom. The van der Waals surface area contributed by atoms with Crippen LogP contribution in [0.2, 0.25) is 0 Å². The van der Waals surface area contributed by atoms with Crippen LogP contribution in [-0.2, 0) is 11.3 Å². The van der Waals surface area contributed by atoms with Crippen LogP contribution in [0.4, 0.5) is 6.01 Å². The summed E-state index contributed by atoms with van der Waals surface area (Å²) >= 11 is 0. The van der Waals surface area contributed by atoms with Gasteiger partial charge in [0.2, 0.25) is 11.6 Å². The molecule has 1 aliphatic rings. The van der Waals surface area contributed by atoms with Crippen LogP contribution in [0.1, 0.15) is 24.2 Å². The number of piperidine rings is 1. The standard InChI is InChI=1S/C19H21N5O2/c1-13-5-6-16-17(22-13)23-19(26-16)24-10-7-14(8-11-24)18(25)21-12-15-4-2-3-9-20-15/h2-6,9,14H,7-8,10-12H2,1H3,(H,21,25). The lowest BCUT2D eigenvalue weighted by atomic mass is 9.96. The summed E-state index contributed by atoms with van der Waals surface area (Å²) in [4.78, 5) is 27.6. The number of fused-ring (bicyclic) bond motifs is 1. The third-order valence-electron chi connectivity index (χ3n) is 4.69. The van der Waals surface area contributed by atoms with Crippen LogP contribution in [0, 0.1) is 12.8 Å². The number of nitrogens with one attached hydrogen (secondary N) is 1. The lowest BCUT2D eigenvalue weighted by Gasteiger charge is -2.30. The van der Waals surface area contributed by atoms with E-state index in [4.69, 9.17) is 4.42 Å². The van der Waals surface area contributed by atoms with Gasteiger partial charge in [0.1, 0.15) is 0 Å². The number of aryl methyl sites for hydroxylation is 1. The van der Waals surface area contributed by atoms with Crippen molar-refractivity contribution in [2.45, 2.75) is 26.3 Å². The van der Waals surface area contributed by atoms with Crippen LogP contribution in [0.5, 0.6) is 0 Å². The van der Waals surface area contributed by atoms with E-state index in [9.17, 15) is 4.79 Å². The molecule has 4 heterocycles. The third-order valence-corrected chi connectivity index (χ3v) is 4.69. The maximum absolute atomic E-state index is 12.4. The smallest absolute Gasteiger partial charge is 0.299 e. The van der Waals surface area contributed by atoms with E-state index < -0.39 is 0 Å². The summed E-state index contributed by atoms with van der Waals surface area (Å²) in [6, 6.07) is 10.1. The Hall–Kier alpha value is -2.96. The molecule has 0 saturated carbocycles. The summed E-state index contributed by atoms with van der Waals surface area (Å²) in [6.07, 6.45) is 3.29. The lowest BCUT2D eigenvalue weighted by molar-refractivity contribution is -0.125. The van der Waals surface area contributed by atoms with Crippen LogP contribution in [0.25, 0.3) is 11.2 Å². The average molecular weight is 351 g/mol. The highest BCUT2D eigenvalue weighted by atomic mass is 16.4. The van der Waals surface area contributed by atoms with Crippen molar-refractivity contribution in [3.05, 3.63) is 47.9 Å². The summed E-state index contributed by atoms with van der Waals surface area (Å²) in [6.45, 7) is 3.89. The molecule has 0 atom stereocenters. The Balaban J connectivity index is 1.33. The predicted octanol–water partition coefficient (Wildman–Crippen LogP) is 2.46. The van der Waals surface area contributed by atoms with Gasteiger partial charge in [-0.2, -0.15) is 4.98 Å². The Labute approximate surface area is 151 Å². The molecular formula is C19H21N5O2. The summed E-state index contributed by atoms with van der Waals surface area (Å²) in [5, 5.41) is 2.98. The van der Waals surface area contributed by atoms with E-state index in [1.54, 1.807) is 6.20 Å². The van der Waals surface area contributed by atoms with Gasteiger partial charge in [0, 0.05) is 30.9 Å². The van der Waals surface area contributed by atoms with Gasteiger partial charge in [0.25, 0.3) is 6.01 Å². The van der Waals surface area contributed by atoms with E-state index in [1.807, 2.05) is 37.3 Å². The van der Waals surface area contributed by atoms with E-state index in [2.05, 4.69) is 25.2 Å². The van der Waals surface area contributed by atoms with Gasteiger partial charge in [-0.25, -0.2) is 4.98 Å². The molecule has 0 aromatic carbocycles. The van der Waals surface area contributed by atoms with Crippen molar-refractivity contribution >= 4 is 23.2 Å². The zero-order valence-electron chi connectivity index (χ0n) is 14.7. The van der Waals surface area contributed by atoms with Gasteiger partial charge >= 0.3 is 0 Å². The highest BCUT2D eigenvalue weighted by molar-refractivity contribution is 5.79. The number of rotatable bonds is 4. The molecule has 1 saturated heterocycles. The van der Waals surface area contributed by atoms with Crippen LogP contribution in [0.3, 0.4) is 0 Å². The summed E-state index contributed by atoms with van der Waals surface area (Å²) < 4.78 is 5.81. The Morgan fingerprint density at radius 3 is 2.85 bits per heavy atom. The van der Waals surface area contributed by atoms with Gasteiger partial charge in [-0.3, -0.25) is 9.78 Å². The lowest BCUT2D eigenvalue weighted by Crippen LogP contribution is -2.40. The molecule has 0 spiro atoms. The maximum Gasteiger partial charge on any atom is 0.299 e. The fraction of sp³-hybridized carbons (Fsp3) is 0.368. The summed E-state index contributed by atoms with van der Waals surface area (Å²) in [7, 11) is 0. The molecule has 3 aromatic heterocycles. The molecule has 4 rings (SSSR count). The molecule has 1 aliphatic heterocycles. The van der Waals surface area contributed by atoms with Crippen molar-refractivity contribution in [2.24, 2.45) is 5.92 Å². The van der Waals surface area contributed by atoms with Crippen molar-refractivity contribution in [1.82, 2.24) is 20.3 Å². The normalized spacial score (nSPS) is 15.3. The average Bonchev–Trinajstić information content (AvgIpc) is 3.10. The van der Waals surface area contributed by atoms with E-state index in [1.165, 1.54) is 0 Å². The summed E-state index contributed by atoms with van der Waals surface area (Å²) in [5.41, 5.74) is 3.12. The van der Waals surface area contributed by atoms with Gasteiger partial charge in [0.05, 0.1) is 12.2 Å². The first-order chi connectivity index (χ1) is 12.7. The Kier molecular flexibility index (Phi) is 4.51. The fourth-order valence-corrected chi connectivity index (χ4v) is 3.19. The minimum atomic E-state index is 0.0136. The molecule has 0 radical (unpaired) electrons. The maximum atomic E-state index is 12.4. The van der Waals surface area contributed by atoms with E-state index in [-0.39, 0.29) is 11.8 Å². The first kappa shape index (κ1) is 16.5. The minimum absolute atomic E-state index is 0.0136. The number of carbonyl (C=O) groups excluding carboxylic acids is 1. The second-order valence-corrected chi connectivity index (χ2v) is 6.57. The van der Waals surface area contributed by atoms with Gasteiger partial charge < -0.3 is 14.6 Å². The first-order valence-electron chi connectivity index (χ1n) is 8.86. The molecule has 7 nitrogen and oxygen atoms in total. The molecule has 3 aromatic rings. The largest absolute Gasteiger partial charge is 0.422 e. The molecule has 1 N–H and O–H groups in total. The fourth-order valence-electron chi connectivity index (χ4n) is 3.19. The zero-order chi connectivity index (χ0) is 17.9. The van der Waals surface area contributed by atoms with Crippen molar-refractivity contribution in [3.63, 3.8) is 0 Å². The molecule has 0 bridgehead atoms. The van der Waals surface area contributed by atoms with Crippen molar-refractivity contribution in [1.29, 1.82) is 0 Å². The number of oxazole rings is 1. The minimum Gasteiger partial charge on any atom is -0.422 e. The monoisotopic (exact) mass is 351 g/mol. The molecule has 7 heteroatoms. The van der Waals surface area contributed by atoms with Crippen molar-refractivity contribution in [3.8, 4) is 0 Å². The van der Waals surface area contributed by atoms with Gasteiger partial charge in [-0.05, 0) is 44.0 Å².